The molecule has 1 aliphatic heterocycles. The van der Waals surface area contributed by atoms with Crippen molar-refractivity contribution in [2.45, 2.75) is 20.0 Å². The van der Waals surface area contributed by atoms with E-state index < -0.39 is 17.8 Å². The molecule has 10 heteroatoms. The van der Waals surface area contributed by atoms with Crippen molar-refractivity contribution in [2.24, 2.45) is 0 Å². The van der Waals surface area contributed by atoms with Gasteiger partial charge in [0.2, 0.25) is 0 Å². The van der Waals surface area contributed by atoms with Crippen molar-refractivity contribution in [3.63, 3.8) is 0 Å². The van der Waals surface area contributed by atoms with Crippen LogP contribution in [0.1, 0.15) is 30.0 Å². The molecule has 1 N–H and O–H groups in total. The van der Waals surface area contributed by atoms with Crippen molar-refractivity contribution in [2.75, 3.05) is 5.01 Å². The first-order valence-electron chi connectivity index (χ1n) is 10.1. The number of hydrogen-bond donors (Lipinski definition) is 1. The van der Waals surface area contributed by atoms with E-state index >= 15 is 0 Å². The van der Waals surface area contributed by atoms with Gasteiger partial charge in [-0.15, -0.1) is 0 Å². The van der Waals surface area contributed by atoms with E-state index in [1.165, 1.54) is 18.2 Å². The number of nitrogens with one attached hydrogen (secondary N) is 1. The number of furan rings is 1. The molecular formula is C24H17Cl3N2O5. The first-order valence-corrected chi connectivity index (χ1v) is 11.2. The van der Waals surface area contributed by atoms with Gasteiger partial charge in [-0.3, -0.25) is 15.0 Å². The molecule has 4 rings (SSSR count). The number of nitrogens with zero attached hydrogens (tertiary/aromatic N) is 1. The number of hydrogen-bond acceptors (Lipinski definition) is 5. The Morgan fingerprint density at radius 2 is 1.74 bits per heavy atom. The number of esters is 1. The lowest BCUT2D eigenvalue weighted by atomic mass is 10.1. The summed E-state index contributed by atoms with van der Waals surface area (Å²) in [5.41, 5.74) is 3.50. The summed E-state index contributed by atoms with van der Waals surface area (Å²) in [5.74, 6) is -1.04. The van der Waals surface area contributed by atoms with E-state index in [2.05, 4.69) is 5.43 Å². The zero-order valence-corrected chi connectivity index (χ0v) is 20.2. The minimum Gasteiger partial charge on any atom is -0.459 e. The summed E-state index contributed by atoms with van der Waals surface area (Å²) in [4.78, 5) is 37.6. The van der Waals surface area contributed by atoms with E-state index in [-0.39, 0.29) is 33.0 Å². The van der Waals surface area contributed by atoms with Crippen LogP contribution < -0.4 is 10.4 Å². The van der Waals surface area contributed by atoms with E-state index in [1.54, 1.807) is 50.2 Å². The molecule has 2 amide bonds. The number of halogens is 3. The average molecular weight is 520 g/mol. The zero-order chi connectivity index (χ0) is 24.6. The van der Waals surface area contributed by atoms with Crippen molar-refractivity contribution >= 4 is 64.3 Å². The van der Waals surface area contributed by atoms with Crippen LogP contribution in [0.5, 0.6) is 0 Å². The summed E-state index contributed by atoms with van der Waals surface area (Å²) in [6.07, 6.45) is 1.04. The summed E-state index contributed by atoms with van der Waals surface area (Å²) in [7, 11) is 0. The smallest absolute Gasteiger partial charge is 0.339 e. The van der Waals surface area contributed by atoms with E-state index in [1.807, 2.05) is 0 Å². The van der Waals surface area contributed by atoms with E-state index in [0.717, 1.165) is 5.01 Å². The molecule has 0 aliphatic carbocycles. The minimum absolute atomic E-state index is 0.121. The van der Waals surface area contributed by atoms with Crippen molar-refractivity contribution in [3.05, 3.63) is 80.5 Å². The maximum absolute atomic E-state index is 12.8. The van der Waals surface area contributed by atoms with Crippen LogP contribution in [0.15, 0.2) is 58.5 Å². The van der Waals surface area contributed by atoms with Crippen LogP contribution in [0.25, 0.3) is 17.4 Å². The van der Waals surface area contributed by atoms with Crippen molar-refractivity contribution in [1.82, 2.24) is 5.43 Å². The number of amides is 2. The molecule has 0 spiro atoms. The molecule has 1 fully saturated rings. The van der Waals surface area contributed by atoms with Crippen LogP contribution >= 0.6 is 34.8 Å². The molecule has 1 aromatic heterocycles. The van der Waals surface area contributed by atoms with Crippen LogP contribution in [-0.2, 0) is 14.3 Å². The molecular weight excluding hydrogens is 503 g/mol. The number of hydrazine groups is 1. The predicted octanol–water partition coefficient (Wildman–Crippen LogP) is 5.93. The first kappa shape index (κ1) is 23.9. The highest BCUT2D eigenvalue weighted by molar-refractivity contribution is 6.42. The van der Waals surface area contributed by atoms with Gasteiger partial charge in [-0.2, -0.15) is 0 Å². The highest BCUT2D eigenvalue weighted by atomic mass is 35.5. The molecule has 0 saturated carbocycles. The van der Waals surface area contributed by atoms with Crippen LogP contribution in [0.3, 0.4) is 0 Å². The Labute approximate surface area is 209 Å². The molecule has 0 bridgehead atoms. The van der Waals surface area contributed by atoms with Crippen LogP contribution in [0.2, 0.25) is 15.1 Å². The molecule has 34 heavy (non-hydrogen) atoms. The predicted molar refractivity (Wildman–Crippen MR) is 130 cm³/mol. The largest absolute Gasteiger partial charge is 0.459 e. The highest BCUT2D eigenvalue weighted by Crippen LogP contribution is 2.31. The number of ether oxygens (including phenoxy) is 1. The summed E-state index contributed by atoms with van der Waals surface area (Å²) < 4.78 is 11.0. The van der Waals surface area contributed by atoms with Gasteiger partial charge in [0.05, 0.1) is 32.4 Å². The molecule has 2 heterocycles. The third-order valence-corrected chi connectivity index (χ3v) is 5.85. The summed E-state index contributed by atoms with van der Waals surface area (Å²) in [5, 5.41) is 1.89. The van der Waals surface area contributed by atoms with Gasteiger partial charge >= 0.3 is 5.97 Å². The topological polar surface area (TPSA) is 88.9 Å². The van der Waals surface area contributed by atoms with Crippen LogP contribution in [0, 0.1) is 0 Å². The van der Waals surface area contributed by atoms with E-state index in [0.29, 0.717) is 22.0 Å². The third kappa shape index (κ3) is 4.82. The lowest BCUT2D eigenvalue weighted by Gasteiger charge is -2.15. The van der Waals surface area contributed by atoms with Gasteiger partial charge in [0, 0.05) is 5.56 Å². The van der Waals surface area contributed by atoms with Gasteiger partial charge in [0.15, 0.2) is 0 Å². The van der Waals surface area contributed by atoms with Gasteiger partial charge in [-0.1, -0.05) is 34.8 Å². The Balaban J connectivity index is 1.59. The van der Waals surface area contributed by atoms with Crippen LogP contribution in [0.4, 0.5) is 5.69 Å². The SMILES string of the molecule is CC(C)OC(=O)c1cc(-c2ccc(/C=C3\C(=O)NN(c4ccc(Cl)c(Cl)c4)C3=O)o2)ccc1Cl. The summed E-state index contributed by atoms with van der Waals surface area (Å²) in [6, 6.07) is 12.6. The van der Waals surface area contributed by atoms with Gasteiger partial charge in [-0.05, 0) is 68.5 Å². The van der Waals surface area contributed by atoms with Crippen LogP contribution in [-0.4, -0.2) is 23.9 Å². The maximum atomic E-state index is 12.8. The average Bonchev–Trinajstić information content (AvgIpc) is 3.36. The van der Waals surface area contributed by atoms with E-state index in [9.17, 15) is 14.4 Å². The lowest BCUT2D eigenvalue weighted by Crippen LogP contribution is -2.35. The second kappa shape index (κ2) is 9.54. The number of benzene rings is 2. The quantitative estimate of drug-likeness (QED) is 0.256. The Morgan fingerprint density at radius 3 is 2.44 bits per heavy atom. The second-order valence-corrected chi connectivity index (χ2v) is 8.81. The Hall–Kier alpha value is -3.26. The second-order valence-electron chi connectivity index (χ2n) is 7.59. The normalized spacial score (nSPS) is 14.8. The molecule has 1 saturated heterocycles. The molecule has 2 aromatic carbocycles. The fraction of sp³-hybridized carbons (Fsp3) is 0.125. The van der Waals surface area contributed by atoms with Gasteiger partial charge in [0.1, 0.15) is 17.1 Å². The molecule has 3 aromatic rings. The molecule has 0 radical (unpaired) electrons. The highest BCUT2D eigenvalue weighted by Gasteiger charge is 2.35. The van der Waals surface area contributed by atoms with Gasteiger partial charge < -0.3 is 9.15 Å². The van der Waals surface area contributed by atoms with Crippen molar-refractivity contribution in [1.29, 1.82) is 0 Å². The molecule has 7 nitrogen and oxygen atoms in total. The fourth-order valence-electron chi connectivity index (χ4n) is 3.20. The molecule has 0 atom stereocenters. The number of anilines is 1. The fourth-order valence-corrected chi connectivity index (χ4v) is 3.69. The third-order valence-electron chi connectivity index (χ3n) is 4.78. The number of rotatable bonds is 5. The Bertz CT molecular complexity index is 1350. The molecule has 1 aliphatic rings. The summed E-state index contributed by atoms with van der Waals surface area (Å²) >= 11 is 18.1. The van der Waals surface area contributed by atoms with Crippen molar-refractivity contribution < 1.29 is 23.5 Å². The number of carbonyl (C=O) groups excluding carboxylic acids is 3. The van der Waals surface area contributed by atoms with Crippen molar-refractivity contribution in [3.8, 4) is 11.3 Å². The molecule has 174 valence electrons. The monoisotopic (exact) mass is 518 g/mol. The molecule has 0 unspecified atom stereocenters. The van der Waals surface area contributed by atoms with Gasteiger partial charge in [0.25, 0.3) is 11.8 Å². The minimum atomic E-state index is -0.598. The lowest BCUT2D eigenvalue weighted by molar-refractivity contribution is -0.117. The standard InChI is InChI=1S/C24H17Cl3N2O5/c1-12(2)33-24(32)16-9-13(3-6-18(16)25)21-8-5-15(34-21)11-17-22(30)28-29(23(17)31)14-4-7-19(26)20(27)10-14/h3-12H,1-2H3,(H,28,30)/b17-11+. The number of carbonyl (C=O) groups is 3. The Morgan fingerprint density at radius 1 is 1.00 bits per heavy atom. The zero-order valence-electron chi connectivity index (χ0n) is 17.9. The van der Waals surface area contributed by atoms with E-state index in [4.69, 9.17) is 44.0 Å². The first-order chi connectivity index (χ1) is 16.1. The van der Waals surface area contributed by atoms with Gasteiger partial charge in [-0.25, -0.2) is 9.80 Å². The Kier molecular flexibility index (Phi) is 6.70. The maximum Gasteiger partial charge on any atom is 0.339 e. The summed E-state index contributed by atoms with van der Waals surface area (Å²) in [6.45, 7) is 3.48.